The zero-order chi connectivity index (χ0) is 24.1. The van der Waals surface area contributed by atoms with Gasteiger partial charge in [-0.3, -0.25) is 4.57 Å². The van der Waals surface area contributed by atoms with Gasteiger partial charge in [-0.1, -0.05) is 118 Å². The standard InChI is InChI=1S/C31H31N3/c1-6-8-12-23(7-2)24-15-17-25(18-16-24)29-32-33-30(34(29)28-13-10-9-11-14-28)26-19-21-27(22-20-26)31(3,4)5/h6-22H,1H2,2-5H3/b12-8-,23-7+. The molecule has 0 radical (unpaired) electrons. The summed E-state index contributed by atoms with van der Waals surface area (Å²) in [5.74, 6) is 1.64. The highest BCUT2D eigenvalue weighted by molar-refractivity contribution is 5.76. The van der Waals surface area contributed by atoms with Crippen LogP contribution < -0.4 is 0 Å². The van der Waals surface area contributed by atoms with Gasteiger partial charge in [-0.15, -0.1) is 10.2 Å². The van der Waals surface area contributed by atoms with E-state index in [1.807, 2.05) is 31.2 Å². The molecule has 4 rings (SSSR count). The van der Waals surface area contributed by atoms with Crippen molar-refractivity contribution < 1.29 is 0 Å². The van der Waals surface area contributed by atoms with E-state index in [0.717, 1.165) is 39.6 Å². The molecule has 3 aromatic carbocycles. The number of aromatic nitrogens is 3. The SMILES string of the molecule is C=C/C=C\C(=C/C)c1ccc(-c2nnc(-c3ccc(C(C)(C)C)cc3)n2-c2ccccc2)cc1. The third-order valence-electron chi connectivity index (χ3n) is 5.89. The number of benzene rings is 3. The number of rotatable bonds is 6. The van der Waals surface area contributed by atoms with Gasteiger partial charge >= 0.3 is 0 Å². The summed E-state index contributed by atoms with van der Waals surface area (Å²) in [6, 6.07) is 27.4. The summed E-state index contributed by atoms with van der Waals surface area (Å²) in [6.07, 6.45) is 7.90. The van der Waals surface area contributed by atoms with Gasteiger partial charge in [0.25, 0.3) is 0 Å². The third-order valence-corrected chi connectivity index (χ3v) is 5.89. The number of hydrogen-bond donors (Lipinski definition) is 0. The summed E-state index contributed by atoms with van der Waals surface area (Å²) in [5, 5.41) is 9.25. The number of para-hydroxylation sites is 1. The van der Waals surface area contributed by atoms with Crippen LogP contribution in [0, 0.1) is 0 Å². The van der Waals surface area contributed by atoms with E-state index < -0.39 is 0 Å². The summed E-state index contributed by atoms with van der Waals surface area (Å²) in [7, 11) is 0. The predicted molar refractivity (Wildman–Crippen MR) is 144 cm³/mol. The molecule has 34 heavy (non-hydrogen) atoms. The maximum Gasteiger partial charge on any atom is 0.168 e. The smallest absolute Gasteiger partial charge is 0.168 e. The lowest BCUT2D eigenvalue weighted by Crippen LogP contribution is -2.10. The highest BCUT2D eigenvalue weighted by atomic mass is 15.3. The molecule has 3 heteroatoms. The van der Waals surface area contributed by atoms with E-state index in [4.69, 9.17) is 0 Å². The van der Waals surface area contributed by atoms with Crippen molar-refractivity contribution in [1.82, 2.24) is 14.8 Å². The number of hydrogen-bond acceptors (Lipinski definition) is 2. The molecule has 170 valence electrons. The van der Waals surface area contributed by atoms with Gasteiger partial charge in [0.05, 0.1) is 0 Å². The summed E-state index contributed by atoms with van der Waals surface area (Å²) in [6.45, 7) is 12.5. The first-order chi connectivity index (χ1) is 16.4. The Morgan fingerprint density at radius 3 is 1.85 bits per heavy atom. The number of nitrogens with zero attached hydrogens (tertiary/aromatic N) is 3. The maximum atomic E-state index is 4.63. The lowest BCUT2D eigenvalue weighted by atomic mass is 9.86. The lowest BCUT2D eigenvalue weighted by Gasteiger charge is -2.19. The van der Waals surface area contributed by atoms with Crippen LogP contribution in [0.25, 0.3) is 34.0 Å². The molecule has 0 aliphatic carbocycles. The molecule has 0 aliphatic rings. The van der Waals surface area contributed by atoms with Crippen LogP contribution in [0.5, 0.6) is 0 Å². The van der Waals surface area contributed by atoms with Gasteiger partial charge in [-0.25, -0.2) is 0 Å². The minimum Gasteiger partial charge on any atom is -0.275 e. The Bertz CT molecular complexity index is 1310. The van der Waals surface area contributed by atoms with Crippen molar-refractivity contribution in [2.75, 3.05) is 0 Å². The minimum absolute atomic E-state index is 0.102. The van der Waals surface area contributed by atoms with Crippen molar-refractivity contribution in [3.05, 3.63) is 121 Å². The van der Waals surface area contributed by atoms with Crippen molar-refractivity contribution in [3.8, 4) is 28.5 Å². The van der Waals surface area contributed by atoms with Crippen LogP contribution in [0.2, 0.25) is 0 Å². The highest BCUT2D eigenvalue weighted by Crippen LogP contribution is 2.31. The zero-order valence-corrected chi connectivity index (χ0v) is 20.4. The molecule has 0 amide bonds. The van der Waals surface area contributed by atoms with Gasteiger partial charge in [-0.05, 0) is 41.2 Å². The molecule has 0 spiro atoms. The van der Waals surface area contributed by atoms with Crippen LogP contribution in [0.4, 0.5) is 0 Å². The fourth-order valence-corrected chi connectivity index (χ4v) is 3.94. The summed E-state index contributed by atoms with van der Waals surface area (Å²) in [5.41, 5.74) is 6.78. The van der Waals surface area contributed by atoms with Crippen molar-refractivity contribution in [2.45, 2.75) is 33.1 Å². The molecule has 0 atom stereocenters. The van der Waals surface area contributed by atoms with Crippen LogP contribution in [-0.4, -0.2) is 14.8 Å². The molecule has 0 unspecified atom stereocenters. The predicted octanol–water partition coefficient (Wildman–Crippen LogP) is 8.04. The topological polar surface area (TPSA) is 30.7 Å². The Kier molecular flexibility index (Phi) is 6.74. The van der Waals surface area contributed by atoms with Gasteiger partial charge in [0.1, 0.15) is 0 Å². The zero-order valence-electron chi connectivity index (χ0n) is 20.4. The molecule has 0 bridgehead atoms. The summed E-state index contributed by atoms with van der Waals surface area (Å²) >= 11 is 0. The van der Waals surface area contributed by atoms with Gasteiger partial charge in [-0.2, -0.15) is 0 Å². The molecule has 4 aromatic rings. The molecule has 3 nitrogen and oxygen atoms in total. The van der Waals surface area contributed by atoms with Gasteiger partial charge in [0.2, 0.25) is 0 Å². The highest BCUT2D eigenvalue weighted by Gasteiger charge is 2.19. The Morgan fingerprint density at radius 2 is 1.35 bits per heavy atom. The molecule has 1 aromatic heterocycles. The van der Waals surface area contributed by atoms with Crippen LogP contribution in [0.3, 0.4) is 0 Å². The second-order valence-electron chi connectivity index (χ2n) is 9.26. The maximum absolute atomic E-state index is 4.63. The average Bonchev–Trinajstić information content (AvgIpc) is 3.30. The van der Waals surface area contributed by atoms with Crippen molar-refractivity contribution >= 4 is 5.57 Å². The first-order valence-electron chi connectivity index (χ1n) is 11.6. The van der Waals surface area contributed by atoms with E-state index in [1.165, 1.54) is 5.56 Å². The van der Waals surface area contributed by atoms with E-state index in [9.17, 15) is 0 Å². The van der Waals surface area contributed by atoms with Crippen LogP contribution in [-0.2, 0) is 5.41 Å². The lowest BCUT2D eigenvalue weighted by molar-refractivity contribution is 0.590. The van der Waals surface area contributed by atoms with Crippen molar-refractivity contribution in [2.24, 2.45) is 0 Å². The van der Waals surface area contributed by atoms with Gasteiger partial charge in [0.15, 0.2) is 11.6 Å². The molecule has 1 heterocycles. The first-order valence-corrected chi connectivity index (χ1v) is 11.6. The monoisotopic (exact) mass is 445 g/mol. The van der Waals surface area contributed by atoms with E-state index in [1.54, 1.807) is 6.08 Å². The third kappa shape index (κ3) is 4.84. The second-order valence-corrected chi connectivity index (χ2v) is 9.26. The molecule has 0 N–H and O–H groups in total. The van der Waals surface area contributed by atoms with Crippen LogP contribution in [0.15, 0.2) is 110 Å². The minimum atomic E-state index is 0.102. The quantitative estimate of drug-likeness (QED) is 0.281. The molecular weight excluding hydrogens is 414 g/mol. The van der Waals surface area contributed by atoms with E-state index in [0.29, 0.717) is 0 Å². The van der Waals surface area contributed by atoms with Gasteiger partial charge in [0, 0.05) is 16.8 Å². The normalized spacial score (nSPS) is 12.3. The van der Waals surface area contributed by atoms with E-state index >= 15 is 0 Å². The van der Waals surface area contributed by atoms with E-state index in [2.05, 4.69) is 115 Å². The Hall–Kier alpha value is -3.98. The summed E-state index contributed by atoms with van der Waals surface area (Å²) in [4.78, 5) is 0. The number of allylic oxidation sites excluding steroid dienone is 5. The largest absolute Gasteiger partial charge is 0.275 e. The molecule has 0 fully saturated rings. The fourth-order valence-electron chi connectivity index (χ4n) is 3.94. The molecule has 0 aliphatic heterocycles. The van der Waals surface area contributed by atoms with E-state index in [-0.39, 0.29) is 5.41 Å². The molecular formula is C31H31N3. The first kappa shape index (κ1) is 23.2. The van der Waals surface area contributed by atoms with Crippen LogP contribution >= 0.6 is 0 Å². The van der Waals surface area contributed by atoms with Crippen molar-refractivity contribution in [1.29, 1.82) is 0 Å². The second kappa shape index (κ2) is 9.88. The molecule has 0 saturated carbocycles. The van der Waals surface area contributed by atoms with Crippen molar-refractivity contribution in [3.63, 3.8) is 0 Å². The Labute approximate surface area is 202 Å². The Balaban J connectivity index is 1.80. The van der Waals surface area contributed by atoms with Gasteiger partial charge < -0.3 is 0 Å². The fraction of sp³-hybridized carbons (Fsp3) is 0.161. The summed E-state index contributed by atoms with van der Waals surface area (Å²) < 4.78 is 2.13. The Morgan fingerprint density at radius 1 is 0.794 bits per heavy atom. The average molecular weight is 446 g/mol. The molecule has 0 saturated heterocycles. The van der Waals surface area contributed by atoms with Crippen LogP contribution in [0.1, 0.15) is 38.8 Å².